The Labute approximate surface area is 101 Å². The summed E-state index contributed by atoms with van der Waals surface area (Å²) in [6, 6.07) is 4.19. The summed E-state index contributed by atoms with van der Waals surface area (Å²) in [5, 5.41) is 6.95. The minimum absolute atomic E-state index is 0.458. The summed E-state index contributed by atoms with van der Waals surface area (Å²) in [6.07, 6.45) is 1.81. The molecule has 2 aromatic rings. The molecule has 1 aromatic heterocycles. The molecule has 0 aliphatic rings. The van der Waals surface area contributed by atoms with Crippen molar-refractivity contribution in [1.29, 1.82) is 0 Å². The Bertz CT molecular complexity index is 508. The highest BCUT2D eigenvalue weighted by molar-refractivity contribution is 5.68. The normalized spacial score (nSPS) is 10.6. The van der Waals surface area contributed by atoms with Crippen molar-refractivity contribution in [3.63, 3.8) is 0 Å². The predicted octanol–water partition coefficient (Wildman–Crippen LogP) is 2.16. The number of nitrogens with one attached hydrogen (secondary N) is 1. The van der Waals surface area contributed by atoms with Crippen molar-refractivity contribution in [3.05, 3.63) is 35.2 Å². The molecule has 0 spiro atoms. The maximum absolute atomic E-state index is 5.67. The second-order valence-corrected chi connectivity index (χ2v) is 4.11. The van der Waals surface area contributed by atoms with E-state index >= 15 is 0 Å². The molecular formula is C13H17N3O. The van der Waals surface area contributed by atoms with E-state index in [0.717, 1.165) is 33.7 Å². The molecule has 0 amide bonds. The van der Waals surface area contributed by atoms with Gasteiger partial charge in [-0.1, -0.05) is 0 Å². The highest BCUT2D eigenvalue weighted by Crippen LogP contribution is 2.30. The van der Waals surface area contributed by atoms with Crippen molar-refractivity contribution in [2.75, 3.05) is 7.11 Å². The van der Waals surface area contributed by atoms with Gasteiger partial charge >= 0.3 is 0 Å². The number of aromatic amines is 1. The number of hydrogen-bond acceptors (Lipinski definition) is 3. The summed E-state index contributed by atoms with van der Waals surface area (Å²) in [5.74, 6) is 0.937. The first-order valence-corrected chi connectivity index (χ1v) is 5.55. The van der Waals surface area contributed by atoms with E-state index in [1.165, 1.54) is 0 Å². The smallest absolute Gasteiger partial charge is 0.124 e. The van der Waals surface area contributed by atoms with E-state index in [1.807, 2.05) is 20.0 Å². The summed E-state index contributed by atoms with van der Waals surface area (Å²) < 4.78 is 5.36. The van der Waals surface area contributed by atoms with Crippen molar-refractivity contribution in [3.8, 4) is 16.9 Å². The lowest BCUT2D eigenvalue weighted by molar-refractivity contribution is 0.408. The van der Waals surface area contributed by atoms with Crippen LogP contribution in [0.2, 0.25) is 0 Å². The Balaban J connectivity index is 2.54. The number of nitrogens with zero attached hydrogens (tertiary/aromatic N) is 1. The van der Waals surface area contributed by atoms with Crippen LogP contribution in [0, 0.1) is 13.8 Å². The minimum atomic E-state index is 0.458. The van der Waals surface area contributed by atoms with Gasteiger partial charge in [-0.05, 0) is 42.7 Å². The Morgan fingerprint density at radius 1 is 1.29 bits per heavy atom. The molecule has 0 unspecified atom stereocenters. The van der Waals surface area contributed by atoms with Gasteiger partial charge in [-0.2, -0.15) is 5.10 Å². The van der Waals surface area contributed by atoms with E-state index in [0.29, 0.717) is 6.54 Å². The number of aryl methyl sites for hydroxylation is 2. The first kappa shape index (κ1) is 11.7. The molecule has 0 fully saturated rings. The van der Waals surface area contributed by atoms with E-state index in [4.69, 9.17) is 10.5 Å². The third-order valence-electron chi connectivity index (χ3n) is 2.90. The van der Waals surface area contributed by atoms with Crippen molar-refractivity contribution >= 4 is 0 Å². The third kappa shape index (κ3) is 2.03. The molecule has 2 rings (SSSR count). The number of ether oxygens (including phenoxy) is 1. The molecule has 17 heavy (non-hydrogen) atoms. The fourth-order valence-electron chi connectivity index (χ4n) is 2.15. The number of rotatable bonds is 3. The maximum atomic E-state index is 5.67. The second kappa shape index (κ2) is 4.59. The quantitative estimate of drug-likeness (QED) is 0.850. The standard InChI is InChI=1S/C13H17N3O/c1-8-4-10(5-9(2)13(8)17-3)11-7-15-16-12(11)6-14/h4-5,7H,6,14H2,1-3H3,(H,15,16). The highest BCUT2D eigenvalue weighted by Gasteiger charge is 2.10. The van der Waals surface area contributed by atoms with E-state index < -0.39 is 0 Å². The van der Waals surface area contributed by atoms with Crippen molar-refractivity contribution in [2.45, 2.75) is 20.4 Å². The lowest BCUT2D eigenvalue weighted by Gasteiger charge is -2.11. The number of H-pyrrole nitrogens is 1. The topological polar surface area (TPSA) is 63.9 Å². The van der Waals surface area contributed by atoms with Crippen LogP contribution in [-0.4, -0.2) is 17.3 Å². The van der Waals surface area contributed by atoms with Crippen LogP contribution < -0.4 is 10.5 Å². The Hall–Kier alpha value is -1.81. The first-order valence-electron chi connectivity index (χ1n) is 5.55. The van der Waals surface area contributed by atoms with Gasteiger partial charge in [0.1, 0.15) is 5.75 Å². The number of aromatic nitrogens is 2. The van der Waals surface area contributed by atoms with Crippen molar-refractivity contribution < 1.29 is 4.74 Å². The van der Waals surface area contributed by atoms with Gasteiger partial charge < -0.3 is 10.5 Å². The average molecular weight is 231 g/mol. The molecule has 0 aliphatic carbocycles. The van der Waals surface area contributed by atoms with Crippen molar-refractivity contribution in [2.24, 2.45) is 5.73 Å². The van der Waals surface area contributed by atoms with Crippen LogP contribution in [0.4, 0.5) is 0 Å². The lowest BCUT2D eigenvalue weighted by Crippen LogP contribution is -1.99. The van der Waals surface area contributed by atoms with Crippen molar-refractivity contribution in [1.82, 2.24) is 10.2 Å². The van der Waals surface area contributed by atoms with E-state index in [2.05, 4.69) is 22.3 Å². The van der Waals surface area contributed by atoms with Gasteiger partial charge in [0.15, 0.2) is 0 Å². The average Bonchev–Trinajstić information content (AvgIpc) is 2.76. The monoisotopic (exact) mass is 231 g/mol. The second-order valence-electron chi connectivity index (χ2n) is 4.11. The number of hydrogen-bond donors (Lipinski definition) is 2. The SMILES string of the molecule is COc1c(C)cc(-c2cn[nH]c2CN)cc1C. The molecule has 1 heterocycles. The molecule has 0 saturated heterocycles. The van der Waals surface area contributed by atoms with Gasteiger partial charge in [-0.25, -0.2) is 0 Å². The summed E-state index contributed by atoms with van der Waals surface area (Å²) >= 11 is 0. The molecular weight excluding hydrogens is 214 g/mol. The van der Waals surface area contributed by atoms with Crippen LogP contribution in [-0.2, 0) is 6.54 Å². The fourth-order valence-corrected chi connectivity index (χ4v) is 2.15. The Kier molecular flexibility index (Phi) is 3.15. The van der Waals surface area contributed by atoms with Crippen LogP contribution in [0.25, 0.3) is 11.1 Å². The van der Waals surface area contributed by atoms with Crippen LogP contribution in [0.5, 0.6) is 5.75 Å². The van der Waals surface area contributed by atoms with Gasteiger partial charge in [-0.15, -0.1) is 0 Å². The zero-order valence-corrected chi connectivity index (χ0v) is 10.4. The predicted molar refractivity (Wildman–Crippen MR) is 67.9 cm³/mol. The molecule has 1 aromatic carbocycles. The minimum Gasteiger partial charge on any atom is -0.496 e. The fraction of sp³-hybridized carbons (Fsp3) is 0.308. The van der Waals surface area contributed by atoms with Crippen LogP contribution >= 0.6 is 0 Å². The molecule has 0 radical (unpaired) electrons. The van der Waals surface area contributed by atoms with Gasteiger partial charge in [0.2, 0.25) is 0 Å². The molecule has 4 heteroatoms. The zero-order valence-electron chi connectivity index (χ0n) is 10.4. The van der Waals surface area contributed by atoms with Crippen LogP contribution in [0.1, 0.15) is 16.8 Å². The van der Waals surface area contributed by atoms with E-state index in [9.17, 15) is 0 Å². The summed E-state index contributed by atoms with van der Waals surface area (Å²) in [4.78, 5) is 0. The highest BCUT2D eigenvalue weighted by atomic mass is 16.5. The first-order chi connectivity index (χ1) is 8.17. The van der Waals surface area contributed by atoms with Crippen LogP contribution in [0.3, 0.4) is 0 Å². The Morgan fingerprint density at radius 2 is 1.94 bits per heavy atom. The zero-order chi connectivity index (χ0) is 12.4. The van der Waals surface area contributed by atoms with Gasteiger partial charge in [0.05, 0.1) is 19.0 Å². The van der Waals surface area contributed by atoms with Crippen LogP contribution in [0.15, 0.2) is 18.3 Å². The Morgan fingerprint density at radius 3 is 2.47 bits per heavy atom. The molecule has 0 aliphatic heterocycles. The van der Waals surface area contributed by atoms with E-state index in [1.54, 1.807) is 7.11 Å². The largest absolute Gasteiger partial charge is 0.496 e. The van der Waals surface area contributed by atoms with Gasteiger partial charge in [-0.3, -0.25) is 5.10 Å². The van der Waals surface area contributed by atoms with Gasteiger partial charge in [0.25, 0.3) is 0 Å². The molecule has 0 saturated carbocycles. The molecule has 0 bridgehead atoms. The number of methoxy groups -OCH3 is 1. The molecule has 4 nitrogen and oxygen atoms in total. The summed E-state index contributed by atoms with van der Waals surface area (Å²) in [5.41, 5.74) is 11.0. The molecule has 0 atom stereocenters. The third-order valence-corrected chi connectivity index (χ3v) is 2.90. The molecule has 3 N–H and O–H groups in total. The summed E-state index contributed by atoms with van der Waals surface area (Å²) in [6.45, 7) is 4.54. The number of nitrogens with two attached hydrogens (primary N) is 1. The molecule has 90 valence electrons. The van der Waals surface area contributed by atoms with E-state index in [-0.39, 0.29) is 0 Å². The summed E-state index contributed by atoms with van der Waals surface area (Å²) in [7, 11) is 1.69. The van der Waals surface area contributed by atoms with Gasteiger partial charge in [0, 0.05) is 12.1 Å². The lowest BCUT2D eigenvalue weighted by atomic mass is 10.00. The maximum Gasteiger partial charge on any atom is 0.124 e. The number of benzene rings is 1.